The molecule has 1 fully saturated rings. The van der Waals surface area contributed by atoms with Crippen LogP contribution in [0.5, 0.6) is 0 Å². The molecular weight excluding hydrogens is 386 g/mol. The lowest BCUT2D eigenvalue weighted by Gasteiger charge is -2.45. The molecule has 2 heterocycles. The van der Waals surface area contributed by atoms with Crippen molar-refractivity contribution in [2.45, 2.75) is 77.4 Å². The van der Waals surface area contributed by atoms with Gasteiger partial charge in [0.15, 0.2) is 0 Å². The average Bonchev–Trinajstić information content (AvgIpc) is 3.18. The van der Waals surface area contributed by atoms with Crippen LogP contribution < -0.4 is 5.32 Å². The maximum atomic E-state index is 13.6. The number of rotatable bonds is 6. The fourth-order valence-corrected chi connectivity index (χ4v) is 4.96. The van der Waals surface area contributed by atoms with E-state index in [1.165, 1.54) is 6.42 Å². The lowest BCUT2D eigenvalue weighted by atomic mass is 9.91. The third-order valence-corrected chi connectivity index (χ3v) is 6.94. The molecule has 1 atom stereocenters. The summed E-state index contributed by atoms with van der Waals surface area (Å²) in [5.41, 5.74) is 1.82. The molecule has 166 valence electrons. The van der Waals surface area contributed by atoms with Crippen LogP contribution in [0.1, 0.15) is 69.8 Å². The molecule has 0 spiro atoms. The molecule has 1 aliphatic carbocycles. The van der Waals surface area contributed by atoms with E-state index in [2.05, 4.69) is 31.3 Å². The first-order valence-electron chi connectivity index (χ1n) is 11.8. The van der Waals surface area contributed by atoms with Gasteiger partial charge in [-0.05, 0) is 49.8 Å². The van der Waals surface area contributed by atoms with Gasteiger partial charge in [0, 0.05) is 18.3 Å². The van der Waals surface area contributed by atoms with E-state index in [-0.39, 0.29) is 17.9 Å². The Morgan fingerprint density at radius 1 is 1.06 bits per heavy atom. The number of nitrogens with zero attached hydrogens (tertiary/aromatic N) is 2. The number of carbonyl (C=O) groups excluding carboxylic acids is 2. The maximum Gasteiger partial charge on any atom is 0.271 e. The molecule has 1 saturated carbocycles. The van der Waals surface area contributed by atoms with Gasteiger partial charge in [0.1, 0.15) is 11.2 Å². The van der Waals surface area contributed by atoms with Gasteiger partial charge in [-0.25, -0.2) is 0 Å². The number of nitrogens with one attached hydrogen (secondary N) is 1. The minimum absolute atomic E-state index is 0.0186. The van der Waals surface area contributed by atoms with Crippen molar-refractivity contribution in [1.82, 2.24) is 14.8 Å². The zero-order valence-corrected chi connectivity index (χ0v) is 19.1. The summed E-state index contributed by atoms with van der Waals surface area (Å²) in [7, 11) is 0. The molecule has 1 aromatic heterocycles. The second-order valence-electron chi connectivity index (χ2n) is 9.78. The molecule has 2 amide bonds. The number of fused-ring (bicyclic) bond motifs is 1. The van der Waals surface area contributed by atoms with E-state index >= 15 is 0 Å². The highest BCUT2D eigenvalue weighted by Gasteiger charge is 2.48. The second-order valence-corrected chi connectivity index (χ2v) is 9.78. The molecule has 1 aliphatic heterocycles. The molecule has 1 aromatic carbocycles. The molecule has 1 N–H and O–H groups in total. The van der Waals surface area contributed by atoms with Crippen LogP contribution >= 0.6 is 0 Å². The third kappa shape index (κ3) is 4.28. The van der Waals surface area contributed by atoms with E-state index in [1.807, 2.05) is 46.7 Å². The van der Waals surface area contributed by atoms with Gasteiger partial charge in [-0.1, -0.05) is 63.4 Å². The number of hydrogen-bond acceptors (Lipinski definition) is 2. The van der Waals surface area contributed by atoms with Gasteiger partial charge in [0.05, 0.1) is 6.54 Å². The Hall–Kier alpha value is -2.56. The molecule has 0 bridgehead atoms. The average molecular weight is 422 g/mol. The van der Waals surface area contributed by atoms with E-state index < -0.39 is 5.54 Å². The summed E-state index contributed by atoms with van der Waals surface area (Å²) in [5, 5.41) is 3.30. The lowest BCUT2D eigenvalue weighted by Crippen LogP contribution is -2.65. The minimum atomic E-state index is -0.904. The van der Waals surface area contributed by atoms with Crippen LogP contribution in [0.15, 0.2) is 42.5 Å². The van der Waals surface area contributed by atoms with E-state index in [0.717, 1.165) is 43.4 Å². The molecule has 0 saturated heterocycles. The second kappa shape index (κ2) is 8.89. The van der Waals surface area contributed by atoms with E-state index in [0.29, 0.717) is 24.7 Å². The number of aromatic nitrogens is 1. The lowest BCUT2D eigenvalue weighted by molar-refractivity contribution is -0.133. The molecular formula is C26H35N3O2. The molecule has 2 aliphatic rings. The van der Waals surface area contributed by atoms with Crippen LogP contribution in [0, 0.1) is 5.92 Å². The van der Waals surface area contributed by atoms with Crippen molar-refractivity contribution in [3.63, 3.8) is 0 Å². The van der Waals surface area contributed by atoms with Crippen molar-refractivity contribution in [2.24, 2.45) is 5.92 Å². The van der Waals surface area contributed by atoms with Crippen LogP contribution in [0.2, 0.25) is 0 Å². The fourth-order valence-electron chi connectivity index (χ4n) is 4.96. The molecule has 5 heteroatoms. The summed E-state index contributed by atoms with van der Waals surface area (Å²) >= 11 is 0. The van der Waals surface area contributed by atoms with Crippen molar-refractivity contribution >= 4 is 11.8 Å². The molecule has 0 unspecified atom stereocenters. The molecule has 5 nitrogen and oxygen atoms in total. The summed E-state index contributed by atoms with van der Waals surface area (Å²) in [6.07, 6.45) is 6.52. The van der Waals surface area contributed by atoms with Gasteiger partial charge in [-0.3, -0.25) is 9.59 Å². The third-order valence-electron chi connectivity index (χ3n) is 6.94. The summed E-state index contributed by atoms with van der Waals surface area (Å²) in [6.45, 7) is 7.33. The van der Waals surface area contributed by atoms with Crippen LogP contribution in [-0.2, 0) is 11.3 Å². The van der Waals surface area contributed by atoms with Gasteiger partial charge in [-0.2, -0.15) is 0 Å². The van der Waals surface area contributed by atoms with E-state index in [1.54, 1.807) is 0 Å². The van der Waals surface area contributed by atoms with Crippen LogP contribution in [-0.4, -0.2) is 39.4 Å². The largest absolute Gasteiger partial charge is 0.351 e. The first kappa shape index (κ1) is 21.7. The predicted octanol–water partition coefficient (Wildman–Crippen LogP) is 4.86. The Bertz CT molecular complexity index is 927. The summed E-state index contributed by atoms with van der Waals surface area (Å²) in [5.74, 6) is 0.400. The molecule has 2 aromatic rings. The Morgan fingerprint density at radius 2 is 1.74 bits per heavy atom. The van der Waals surface area contributed by atoms with Crippen molar-refractivity contribution in [3.8, 4) is 11.3 Å². The number of benzene rings is 1. The Kier molecular flexibility index (Phi) is 6.22. The first-order chi connectivity index (χ1) is 14.9. The molecule has 0 radical (unpaired) electrons. The van der Waals surface area contributed by atoms with Gasteiger partial charge in [0.25, 0.3) is 5.91 Å². The maximum absolute atomic E-state index is 13.6. The summed E-state index contributed by atoms with van der Waals surface area (Å²) < 4.78 is 2.05. The molecule has 31 heavy (non-hydrogen) atoms. The minimum Gasteiger partial charge on any atom is -0.351 e. The number of carbonyl (C=O) groups is 2. The van der Waals surface area contributed by atoms with Crippen molar-refractivity contribution < 1.29 is 9.59 Å². The van der Waals surface area contributed by atoms with Crippen LogP contribution in [0.3, 0.4) is 0 Å². The topological polar surface area (TPSA) is 54.3 Å². The summed E-state index contributed by atoms with van der Waals surface area (Å²) in [6, 6.07) is 14.2. The van der Waals surface area contributed by atoms with Gasteiger partial charge >= 0.3 is 0 Å². The first-order valence-corrected chi connectivity index (χ1v) is 11.8. The fraction of sp³-hybridized carbons (Fsp3) is 0.538. The monoisotopic (exact) mass is 421 g/mol. The Morgan fingerprint density at radius 3 is 2.42 bits per heavy atom. The van der Waals surface area contributed by atoms with Gasteiger partial charge in [-0.15, -0.1) is 0 Å². The zero-order chi connectivity index (χ0) is 22.0. The molecule has 4 rings (SSSR count). The van der Waals surface area contributed by atoms with Crippen molar-refractivity contribution in [2.75, 3.05) is 6.54 Å². The van der Waals surface area contributed by atoms with E-state index in [9.17, 15) is 9.59 Å². The van der Waals surface area contributed by atoms with Gasteiger partial charge in [0.2, 0.25) is 5.91 Å². The van der Waals surface area contributed by atoms with Crippen LogP contribution in [0.25, 0.3) is 11.3 Å². The number of amides is 2. The highest BCUT2D eigenvalue weighted by atomic mass is 16.2. The van der Waals surface area contributed by atoms with Crippen LogP contribution in [0.4, 0.5) is 0 Å². The standard InChI is InChI=1S/C26H35N3O2/c1-19(2)16-17-29-24(30)23-15-14-22(20-10-6-4-7-11-20)28(23)18-26(29,3)25(31)27-21-12-8-5-9-13-21/h4,6-7,10-11,14-15,19,21H,5,8-9,12-13,16-18H2,1-3H3,(H,27,31)/t26-/m0/s1. The SMILES string of the molecule is CC(C)CCN1C(=O)c2ccc(-c3ccccc3)n2C[C@@]1(C)C(=O)NC1CCCCC1. The number of hydrogen-bond donors (Lipinski definition) is 1. The van der Waals surface area contributed by atoms with Gasteiger partial charge < -0.3 is 14.8 Å². The zero-order valence-electron chi connectivity index (χ0n) is 19.1. The Balaban J connectivity index is 1.69. The van der Waals surface area contributed by atoms with E-state index in [4.69, 9.17) is 0 Å². The highest BCUT2D eigenvalue weighted by Crippen LogP contribution is 2.34. The summed E-state index contributed by atoms with van der Waals surface area (Å²) in [4.78, 5) is 29.1. The Labute approximate surface area is 185 Å². The normalized spacial score (nSPS) is 21.9. The smallest absolute Gasteiger partial charge is 0.271 e. The van der Waals surface area contributed by atoms with Crippen molar-refractivity contribution in [3.05, 3.63) is 48.2 Å². The predicted molar refractivity (Wildman–Crippen MR) is 124 cm³/mol. The quantitative estimate of drug-likeness (QED) is 0.724. The van der Waals surface area contributed by atoms with Crippen molar-refractivity contribution in [1.29, 1.82) is 0 Å². The highest BCUT2D eigenvalue weighted by molar-refractivity contribution is 6.00.